The van der Waals surface area contributed by atoms with Gasteiger partial charge in [0.25, 0.3) is 0 Å². The third-order valence-electron chi connectivity index (χ3n) is 2.60. The summed E-state index contributed by atoms with van der Waals surface area (Å²) in [4.78, 5) is 25.2. The van der Waals surface area contributed by atoms with Gasteiger partial charge in [-0.1, -0.05) is 0 Å². The zero-order valence-corrected chi connectivity index (χ0v) is 9.83. The van der Waals surface area contributed by atoms with Gasteiger partial charge in [0.2, 0.25) is 0 Å². The lowest BCUT2D eigenvalue weighted by atomic mass is 10.3. The van der Waals surface area contributed by atoms with Crippen LogP contribution in [0.3, 0.4) is 0 Å². The molecule has 0 radical (unpaired) electrons. The Labute approximate surface area is 99.6 Å². The minimum Gasteiger partial charge on any atom is -0.481 e. The van der Waals surface area contributed by atoms with Gasteiger partial charge in [-0.3, -0.25) is 4.79 Å². The number of hydrogen-bond donors (Lipinski definition) is 2. The Morgan fingerprint density at radius 3 is 2.82 bits per heavy atom. The second kappa shape index (κ2) is 6.41. The minimum absolute atomic E-state index is 0.0734. The van der Waals surface area contributed by atoms with Gasteiger partial charge in [-0.05, 0) is 0 Å². The molecule has 1 unspecified atom stereocenters. The first-order valence-electron chi connectivity index (χ1n) is 5.49. The van der Waals surface area contributed by atoms with Crippen LogP contribution < -0.4 is 0 Å². The molecule has 0 aliphatic carbocycles. The number of rotatable bonds is 4. The number of hydrogen-bond acceptors (Lipinski definition) is 4. The predicted molar refractivity (Wildman–Crippen MR) is 58.7 cm³/mol. The summed E-state index contributed by atoms with van der Waals surface area (Å²) in [6.07, 6.45) is -0.420. The van der Waals surface area contributed by atoms with E-state index in [0.29, 0.717) is 19.7 Å². The smallest absolute Gasteiger partial charge is 0.319 e. The first-order chi connectivity index (χ1) is 8.04. The molecule has 1 heterocycles. The number of nitrogens with zero attached hydrogens (tertiary/aromatic N) is 2. The maximum atomic E-state index is 11.9. The average molecular weight is 246 g/mol. The van der Waals surface area contributed by atoms with E-state index in [0.717, 1.165) is 0 Å². The maximum Gasteiger partial charge on any atom is 0.319 e. The summed E-state index contributed by atoms with van der Waals surface area (Å²) in [6.45, 7) is 1.25. The second-order valence-electron chi connectivity index (χ2n) is 3.97. The molecule has 2 N–H and O–H groups in total. The highest BCUT2D eigenvalue weighted by molar-refractivity contribution is 5.75. The number of carbonyl (C=O) groups is 2. The summed E-state index contributed by atoms with van der Waals surface area (Å²) in [5, 5.41) is 17.5. The summed E-state index contributed by atoms with van der Waals surface area (Å²) >= 11 is 0. The lowest BCUT2D eigenvalue weighted by Crippen LogP contribution is -2.51. The summed E-state index contributed by atoms with van der Waals surface area (Å²) in [7, 11) is 1.56. The van der Waals surface area contributed by atoms with Gasteiger partial charge in [-0.2, -0.15) is 0 Å². The lowest BCUT2D eigenvalue weighted by Gasteiger charge is -2.34. The number of morpholine rings is 1. The van der Waals surface area contributed by atoms with Crippen LogP contribution in [0.4, 0.5) is 4.79 Å². The van der Waals surface area contributed by atoms with Gasteiger partial charge in [0.05, 0.1) is 32.3 Å². The summed E-state index contributed by atoms with van der Waals surface area (Å²) in [5.41, 5.74) is 0. The molecule has 1 saturated heterocycles. The molecule has 1 fully saturated rings. The first-order valence-corrected chi connectivity index (χ1v) is 5.49. The van der Waals surface area contributed by atoms with Gasteiger partial charge >= 0.3 is 12.0 Å². The summed E-state index contributed by atoms with van der Waals surface area (Å²) in [5.74, 6) is -0.931. The molecule has 2 amide bonds. The topological polar surface area (TPSA) is 90.3 Å². The minimum atomic E-state index is -0.931. The number of carboxylic acids is 1. The van der Waals surface area contributed by atoms with Gasteiger partial charge in [0, 0.05) is 20.1 Å². The first kappa shape index (κ1) is 13.7. The fraction of sp³-hybridized carbons (Fsp3) is 0.800. The number of aliphatic hydroxyl groups excluding tert-OH is 1. The van der Waals surface area contributed by atoms with Crippen LogP contribution in [-0.4, -0.2) is 78.0 Å². The number of amides is 2. The molecule has 0 spiro atoms. The van der Waals surface area contributed by atoms with Crippen molar-refractivity contribution in [2.45, 2.75) is 12.5 Å². The largest absolute Gasteiger partial charge is 0.481 e. The van der Waals surface area contributed by atoms with Crippen molar-refractivity contribution in [3.05, 3.63) is 0 Å². The van der Waals surface area contributed by atoms with Crippen LogP contribution in [0.15, 0.2) is 0 Å². The number of carboxylic acid groups (broad SMARTS) is 1. The molecule has 98 valence electrons. The third-order valence-corrected chi connectivity index (χ3v) is 2.60. The van der Waals surface area contributed by atoms with Crippen LogP contribution in [0.25, 0.3) is 0 Å². The Kier molecular flexibility index (Phi) is 5.17. The molecule has 1 atom stereocenters. The Hall–Kier alpha value is -1.34. The fourth-order valence-corrected chi connectivity index (χ4v) is 1.60. The predicted octanol–water partition coefficient (Wildman–Crippen LogP) is -0.794. The van der Waals surface area contributed by atoms with Gasteiger partial charge in [-0.25, -0.2) is 4.79 Å². The second-order valence-corrected chi connectivity index (χ2v) is 3.97. The third kappa shape index (κ3) is 4.20. The van der Waals surface area contributed by atoms with Crippen LogP contribution in [0.1, 0.15) is 6.42 Å². The monoisotopic (exact) mass is 246 g/mol. The van der Waals surface area contributed by atoms with Crippen LogP contribution in [-0.2, 0) is 9.53 Å². The number of aliphatic carboxylic acids is 1. The molecule has 0 aromatic rings. The molecule has 1 aliphatic rings. The van der Waals surface area contributed by atoms with Crippen LogP contribution in [0, 0.1) is 0 Å². The average Bonchev–Trinajstić information content (AvgIpc) is 2.35. The van der Waals surface area contributed by atoms with Gasteiger partial charge in [0.1, 0.15) is 0 Å². The molecule has 0 aromatic carbocycles. The van der Waals surface area contributed by atoms with E-state index in [9.17, 15) is 9.59 Å². The Morgan fingerprint density at radius 1 is 1.53 bits per heavy atom. The lowest BCUT2D eigenvalue weighted by molar-refractivity contribution is -0.137. The molecule has 0 aromatic heterocycles. The highest BCUT2D eigenvalue weighted by Crippen LogP contribution is 2.07. The Bertz CT molecular complexity index is 284. The van der Waals surface area contributed by atoms with Crippen LogP contribution >= 0.6 is 0 Å². The van der Waals surface area contributed by atoms with E-state index in [-0.39, 0.29) is 31.7 Å². The Balaban J connectivity index is 2.42. The maximum absolute atomic E-state index is 11.9. The van der Waals surface area contributed by atoms with Crippen molar-refractivity contribution < 1.29 is 24.5 Å². The molecule has 17 heavy (non-hydrogen) atoms. The quantitative estimate of drug-likeness (QED) is 0.678. The highest BCUT2D eigenvalue weighted by atomic mass is 16.5. The van der Waals surface area contributed by atoms with E-state index in [1.54, 1.807) is 11.9 Å². The zero-order valence-electron chi connectivity index (χ0n) is 9.83. The van der Waals surface area contributed by atoms with Crippen molar-refractivity contribution in [2.75, 3.05) is 39.9 Å². The van der Waals surface area contributed by atoms with Crippen molar-refractivity contribution in [2.24, 2.45) is 0 Å². The molecule has 1 aliphatic heterocycles. The Morgan fingerprint density at radius 2 is 2.24 bits per heavy atom. The van der Waals surface area contributed by atoms with Crippen molar-refractivity contribution in [1.82, 2.24) is 9.80 Å². The van der Waals surface area contributed by atoms with E-state index < -0.39 is 5.97 Å². The van der Waals surface area contributed by atoms with E-state index >= 15 is 0 Å². The molecule has 1 rings (SSSR count). The molecular weight excluding hydrogens is 228 g/mol. The van der Waals surface area contributed by atoms with Crippen molar-refractivity contribution in [1.29, 1.82) is 0 Å². The molecule has 0 bridgehead atoms. The number of urea groups is 1. The van der Waals surface area contributed by atoms with Crippen molar-refractivity contribution in [3.63, 3.8) is 0 Å². The molecule has 0 saturated carbocycles. The van der Waals surface area contributed by atoms with E-state index in [1.165, 1.54) is 4.90 Å². The van der Waals surface area contributed by atoms with E-state index in [1.807, 2.05) is 0 Å². The molecule has 7 nitrogen and oxygen atoms in total. The summed E-state index contributed by atoms with van der Waals surface area (Å²) < 4.78 is 5.23. The number of aliphatic hydroxyl groups is 1. The molecular formula is C10H18N2O5. The van der Waals surface area contributed by atoms with E-state index in [4.69, 9.17) is 14.9 Å². The van der Waals surface area contributed by atoms with Crippen LogP contribution in [0.5, 0.6) is 0 Å². The molecule has 7 heteroatoms. The van der Waals surface area contributed by atoms with Gasteiger partial charge < -0.3 is 24.7 Å². The van der Waals surface area contributed by atoms with Crippen LogP contribution in [0.2, 0.25) is 0 Å². The fourth-order valence-electron chi connectivity index (χ4n) is 1.60. The van der Waals surface area contributed by atoms with E-state index in [2.05, 4.69) is 0 Å². The van der Waals surface area contributed by atoms with Gasteiger partial charge in [-0.15, -0.1) is 0 Å². The summed E-state index contributed by atoms with van der Waals surface area (Å²) in [6, 6.07) is -0.229. The standard InChI is InChI=1S/C10H18N2O5/c1-11(3-2-9(14)15)10(16)12-4-5-17-8(6-12)7-13/h8,13H,2-7H2,1H3,(H,14,15). The SMILES string of the molecule is CN(CCC(=O)O)C(=O)N1CCOC(CO)C1. The number of ether oxygens (including phenoxy) is 1. The highest BCUT2D eigenvalue weighted by Gasteiger charge is 2.25. The number of carbonyl (C=O) groups excluding carboxylic acids is 1. The normalized spacial score (nSPS) is 20.1. The zero-order chi connectivity index (χ0) is 12.8. The van der Waals surface area contributed by atoms with Gasteiger partial charge in [0.15, 0.2) is 0 Å². The van der Waals surface area contributed by atoms with Crippen molar-refractivity contribution in [3.8, 4) is 0 Å². The van der Waals surface area contributed by atoms with Crippen molar-refractivity contribution >= 4 is 12.0 Å².